The Morgan fingerprint density at radius 1 is 1.31 bits per heavy atom. The first-order chi connectivity index (χ1) is 5.91. The first-order valence-corrected chi connectivity index (χ1v) is 3.45. The molecule has 4 N–H and O–H groups in total. The lowest BCUT2D eigenvalue weighted by molar-refractivity contribution is -0.149. The highest BCUT2D eigenvalue weighted by molar-refractivity contribution is 5.30. The van der Waals surface area contributed by atoms with Gasteiger partial charge in [0.05, 0.1) is 0 Å². The number of aromatic nitrogens is 1. The fourth-order valence-electron chi connectivity index (χ4n) is 0.790. The van der Waals surface area contributed by atoms with Crippen LogP contribution in [0.1, 0.15) is 11.6 Å². The third kappa shape index (κ3) is 2.32. The quantitative estimate of drug-likeness (QED) is 0.701. The second kappa shape index (κ2) is 3.21. The Morgan fingerprint density at radius 2 is 1.92 bits per heavy atom. The third-order valence-corrected chi connectivity index (χ3v) is 1.52. The van der Waals surface area contributed by atoms with Gasteiger partial charge in [-0.2, -0.15) is 13.2 Å². The summed E-state index contributed by atoms with van der Waals surface area (Å²) in [6.07, 6.45) is -3.43. The summed E-state index contributed by atoms with van der Waals surface area (Å²) in [4.78, 5) is 3.51. The zero-order valence-corrected chi connectivity index (χ0v) is 6.55. The molecule has 0 bridgehead atoms. The van der Waals surface area contributed by atoms with Crippen molar-refractivity contribution in [3.63, 3.8) is 0 Å². The molecule has 0 amide bonds. The number of pyridine rings is 1. The largest absolute Gasteiger partial charge is 0.407 e. The first-order valence-electron chi connectivity index (χ1n) is 3.45. The van der Waals surface area contributed by atoms with Crippen molar-refractivity contribution in [1.29, 1.82) is 0 Å². The van der Waals surface area contributed by atoms with Gasteiger partial charge in [-0.15, -0.1) is 0 Å². The van der Waals surface area contributed by atoms with Gasteiger partial charge in [0, 0.05) is 6.20 Å². The maximum Gasteiger partial charge on any atom is 0.407 e. The Labute approximate surface area is 72.6 Å². The average molecular weight is 191 g/mol. The monoisotopic (exact) mass is 191 g/mol. The number of alkyl halides is 3. The topological polar surface area (TPSA) is 64.9 Å². The van der Waals surface area contributed by atoms with Gasteiger partial charge in [-0.3, -0.25) is 0 Å². The molecule has 0 aliphatic heterocycles. The van der Waals surface area contributed by atoms with Crippen molar-refractivity contribution in [2.24, 2.45) is 5.73 Å². The number of hydrogen-bond acceptors (Lipinski definition) is 3. The zero-order valence-electron chi connectivity index (χ0n) is 6.55. The summed E-state index contributed by atoms with van der Waals surface area (Å²) in [5.74, 6) is 0.165. The molecule has 1 rings (SSSR count). The van der Waals surface area contributed by atoms with Crippen molar-refractivity contribution >= 4 is 5.82 Å². The van der Waals surface area contributed by atoms with E-state index in [2.05, 4.69) is 4.98 Å². The van der Waals surface area contributed by atoms with E-state index in [4.69, 9.17) is 11.5 Å². The van der Waals surface area contributed by atoms with E-state index in [1.54, 1.807) is 0 Å². The summed E-state index contributed by atoms with van der Waals surface area (Å²) in [7, 11) is 0. The lowest BCUT2D eigenvalue weighted by Gasteiger charge is -2.15. The van der Waals surface area contributed by atoms with Crippen LogP contribution in [-0.4, -0.2) is 11.2 Å². The fraction of sp³-hybridized carbons (Fsp3) is 0.286. The van der Waals surface area contributed by atoms with Gasteiger partial charge >= 0.3 is 6.18 Å². The smallest absolute Gasteiger partial charge is 0.384 e. The van der Waals surface area contributed by atoms with E-state index in [9.17, 15) is 13.2 Å². The Kier molecular flexibility index (Phi) is 2.42. The van der Waals surface area contributed by atoms with Crippen LogP contribution in [0.25, 0.3) is 0 Å². The van der Waals surface area contributed by atoms with Crippen molar-refractivity contribution in [2.45, 2.75) is 12.2 Å². The minimum absolute atomic E-state index is 0.0956. The molecule has 0 saturated carbocycles. The molecule has 0 fully saturated rings. The van der Waals surface area contributed by atoms with Gasteiger partial charge in [0.1, 0.15) is 11.9 Å². The maximum atomic E-state index is 12.1. The number of nitrogens with two attached hydrogens (primary N) is 2. The van der Waals surface area contributed by atoms with E-state index in [1.807, 2.05) is 0 Å². The number of nitrogens with zero attached hydrogens (tertiary/aromatic N) is 1. The number of hydrogen-bond donors (Lipinski definition) is 2. The summed E-state index contributed by atoms with van der Waals surface area (Å²) in [6.45, 7) is 0. The molecule has 0 aliphatic carbocycles. The summed E-state index contributed by atoms with van der Waals surface area (Å²) in [6, 6.07) is 0.488. The van der Waals surface area contributed by atoms with E-state index in [0.717, 1.165) is 6.20 Å². The van der Waals surface area contributed by atoms with Crippen LogP contribution in [0.5, 0.6) is 0 Å². The molecule has 0 saturated heterocycles. The first kappa shape index (κ1) is 9.79. The molecular formula is C7H8F3N3. The van der Waals surface area contributed by atoms with E-state index < -0.39 is 12.2 Å². The second-order valence-corrected chi connectivity index (χ2v) is 2.54. The van der Waals surface area contributed by atoms with Crippen LogP contribution in [-0.2, 0) is 0 Å². The Bertz CT molecular complexity index is 280. The fourth-order valence-corrected chi connectivity index (χ4v) is 0.790. The lowest BCUT2D eigenvalue weighted by Crippen LogP contribution is -2.28. The van der Waals surface area contributed by atoms with Crippen LogP contribution in [0, 0.1) is 0 Å². The molecule has 72 valence electrons. The van der Waals surface area contributed by atoms with Crippen molar-refractivity contribution in [3.05, 3.63) is 23.9 Å². The van der Waals surface area contributed by atoms with E-state index in [0.29, 0.717) is 0 Å². The Hall–Kier alpha value is -1.30. The molecule has 0 aliphatic rings. The predicted molar refractivity (Wildman–Crippen MR) is 41.6 cm³/mol. The van der Waals surface area contributed by atoms with Gasteiger partial charge < -0.3 is 11.5 Å². The van der Waals surface area contributed by atoms with Gasteiger partial charge in [0.15, 0.2) is 0 Å². The van der Waals surface area contributed by atoms with E-state index in [1.165, 1.54) is 12.1 Å². The molecule has 0 aromatic carbocycles. The van der Waals surface area contributed by atoms with Crippen molar-refractivity contribution in [3.8, 4) is 0 Å². The molecule has 1 heterocycles. The highest BCUT2D eigenvalue weighted by atomic mass is 19.4. The summed E-state index contributed by atoms with van der Waals surface area (Å²) >= 11 is 0. The minimum atomic E-state index is -4.45. The molecule has 6 heteroatoms. The summed E-state index contributed by atoms with van der Waals surface area (Å²) < 4.78 is 36.2. The van der Waals surface area contributed by atoms with Crippen LogP contribution < -0.4 is 11.5 Å². The number of nitrogen functional groups attached to an aromatic ring is 1. The van der Waals surface area contributed by atoms with Crippen LogP contribution >= 0.6 is 0 Å². The minimum Gasteiger partial charge on any atom is -0.384 e. The highest BCUT2D eigenvalue weighted by Gasteiger charge is 2.37. The maximum absolute atomic E-state index is 12.1. The highest BCUT2D eigenvalue weighted by Crippen LogP contribution is 2.29. The van der Waals surface area contributed by atoms with Crippen LogP contribution in [0.15, 0.2) is 18.3 Å². The van der Waals surface area contributed by atoms with Gasteiger partial charge in [0.25, 0.3) is 0 Å². The average Bonchev–Trinajstić information content (AvgIpc) is 2.03. The third-order valence-electron chi connectivity index (χ3n) is 1.52. The number of anilines is 1. The molecule has 1 aromatic rings. The van der Waals surface area contributed by atoms with Gasteiger partial charge in [-0.25, -0.2) is 4.98 Å². The van der Waals surface area contributed by atoms with Gasteiger partial charge in [-0.1, -0.05) is 6.07 Å². The molecular weight excluding hydrogens is 183 g/mol. The summed E-state index contributed by atoms with van der Waals surface area (Å²) in [5, 5.41) is 0. The molecule has 0 radical (unpaired) electrons. The standard InChI is InChI=1S/C7H8F3N3/c8-7(9,10)6(12)4-1-2-5(11)13-3-4/h1-3,6H,12H2,(H2,11,13)/t6-/m0/s1. The normalized spacial score (nSPS) is 14.2. The van der Waals surface area contributed by atoms with Crippen molar-refractivity contribution < 1.29 is 13.2 Å². The van der Waals surface area contributed by atoms with E-state index >= 15 is 0 Å². The molecule has 13 heavy (non-hydrogen) atoms. The molecule has 1 aromatic heterocycles. The Balaban J connectivity index is 2.90. The van der Waals surface area contributed by atoms with E-state index in [-0.39, 0.29) is 11.4 Å². The number of halogens is 3. The lowest BCUT2D eigenvalue weighted by atomic mass is 10.1. The van der Waals surface area contributed by atoms with Crippen LogP contribution in [0.4, 0.5) is 19.0 Å². The van der Waals surface area contributed by atoms with Gasteiger partial charge in [0.2, 0.25) is 0 Å². The second-order valence-electron chi connectivity index (χ2n) is 2.54. The zero-order chi connectivity index (χ0) is 10.1. The Morgan fingerprint density at radius 3 is 2.31 bits per heavy atom. The van der Waals surface area contributed by atoms with Crippen molar-refractivity contribution in [2.75, 3.05) is 5.73 Å². The molecule has 0 spiro atoms. The molecule has 1 atom stereocenters. The molecule has 3 nitrogen and oxygen atoms in total. The SMILES string of the molecule is Nc1ccc([C@H](N)C(F)(F)F)cn1. The van der Waals surface area contributed by atoms with Crippen LogP contribution in [0.2, 0.25) is 0 Å². The number of rotatable bonds is 1. The van der Waals surface area contributed by atoms with Gasteiger partial charge in [-0.05, 0) is 11.6 Å². The molecule has 0 unspecified atom stereocenters. The predicted octanol–water partition coefficient (Wildman–Crippen LogP) is 1.23. The summed E-state index contributed by atoms with van der Waals surface area (Å²) in [5.41, 5.74) is 10.0. The van der Waals surface area contributed by atoms with Crippen molar-refractivity contribution in [1.82, 2.24) is 4.98 Å². The van der Waals surface area contributed by atoms with Crippen LogP contribution in [0.3, 0.4) is 0 Å².